The van der Waals surface area contributed by atoms with Gasteiger partial charge in [-0.3, -0.25) is 0 Å². The van der Waals surface area contributed by atoms with Gasteiger partial charge < -0.3 is 10.8 Å². The van der Waals surface area contributed by atoms with E-state index in [9.17, 15) is 18.3 Å². The molecule has 19 heavy (non-hydrogen) atoms. The molecular formula is C12H13F3N2OS. The SMILES string of the molecule is CC(O)(CN)Cc1nc2cc(C(F)(F)F)ccc2s1. The summed E-state index contributed by atoms with van der Waals surface area (Å²) in [6.07, 6.45) is -4.15. The van der Waals surface area contributed by atoms with Gasteiger partial charge in [0.1, 0.15) is 0 Å². The third kappa shape index (κ3) is 3.23. The number of hydrogen-bond acceptors (Lipinski definition) is 4. The van der Waals surface area contributed by atoms with E-state index in [1.165, 1.54) is 17.4 Å². The first-order valence-electron chi connectivity index (χ1n) is 5.60. The quantitative estimate of drug-likeness (QED) is 0.913. The number of thiazole rings is 1. The molecule has 2 aromatic rings. The highest BCUT2D eigenvalue weighted by molar-refractivity contribution is 7.18. The minimum Gasteiger partial charge on any atom is -0.388 e. The van der Waals surface area contributed by atoms with Crippen LogP contribution in [-0.4, -0.2) is 22.2 Å². The zero-order chi connectivity index (χ0) is 14.3. The van der Waals surface area contributed by atoms with Crippen molar-refractivity contribution in [2.45, 2.75) is 25.1 Å². The molecular weight excluding hydrogens is 277 g/mol. The minimum absolute atomic E-state index is 0.0662. The highest BCUT2D eigenvalue weighted by Crippen LogP contribution is 2.33. The number of alkyl halides is 3. The summed E-state index contributed by atoms with van der Waals surface area (Å²) in [5, 5.41) is 10.4. The Kier molecular flexibility index (Phi) is 3.55. The van der Waals surface area contributed by atoms with Gasteiger partial charge in [-0.05, 0) is 25.1 Å². The highest BCUT2D eigenvalue weighted by Gasteiger charge is 2.31. The van der Waals surface area contributed by atoms with Crippen LogP contribution in [0.1, 0.15) is 17.5 Å². The second-order valence-electron chi connectivity index (χ2n) is 4.67. The lowest BCUT2D eigenvalue weighted by Gasteiger charge is -2.18. The molecule has 3 nitrogen and oxygen atoms in total. The Morgan fingerprint density at radius 1 is 1.37 bits per heavy atom. The summed E-state index contributed by atoms with van der Waals surface area (Å²) in [6, 6.07) is 3.45. The monoisotopic (exact) mass is 290 g/mol. The normalized spacial score (nSPS) is 15.7. The van der Waals surface area contributed by atoms with Gasteiger partial charge in [-0.2, -0.15) is 13.2 Å². The van der Waals surface area contributed by atoms with Crippen LogP contribution in [0.2, 0.25) is 0 Å². The van der Waals surface area contributed by atoms with Crippen molar-refractivity contribution in [3.05, 3.63) is 28.8 Å². The van der Waals surface area contributed by atoms with E-state index in [1.54, 1.807) is 6.92 Å². The van der Waals surface area contributed by atoms with Crippen molar-refractivity contribution in [1.82, 2.24) is 4.98 Å². The lowest BCUT2D eigenvalue weighted by atomic mass is 10.0. The lowest BCUT2D eigenvalue weighted by Crippen LogP contribution is -2.36. The molecule has 0 amide bonds. The van der Waals surface area contributed by atoms with Gasteiger partial charge in [-0.15, -0.1) is 11.3 Å². The van der Waals surface area contributed by atoms with Gasteiger partial charge in [0, 0.05) is 13.0 Å². The third-order valence-corrected chi connectivity index (χ3v) is 3.77. The predicted octanol–water partition coefficient (Wildman–Crippen LogP) is 2.57. The van der Waals surface area contributed by atoms with Crippen LogP contribution in [0.3, 0.4) is 0 Å². The Morgan fingerprint density at radius 2 is 2.05 bits per heavy atom. The fourth-order valence-corrected chi connectivity index (χ4v) is 2.75. The van der Waals surface area contributed by atoms with Crippen molar-refractivity contribution in [3.8, 4) is 0 Å². The average Bonchev–Trinajstić information content (AvgIpc) is 2.67. The van der Waals surface area contributed by atoms with E-state index in [0.717, 1.165) is 12.1 Å². The number of aliphatic hydroxyl groups is 1. The molecule has 0 aliphatic rings. The van der Waals surface area contributed by atoms with Gasteiger partial charge in [-0.1, -0.05) is 0 Å². The maximum Gasteiger partial charge on any atom is 0.416 e. The lowest BCUT2D eigenvalue weighted by molar-refractivity contribution is -0.137. The molecule has 1 atom stereocenters. The van der Waals surface area contributed by atoms with Crippen LogP contribution in [0.25, 0.3) is 10.2 Å². The number of hydrogen-bond donors (Lipinski definition) is 2. The van der Waals surface area contributed by atoms with E-state index < -0.39 is 17.3 Å². The van der Waals surface area contributed by atoms with E-state index in [1.807, 2.05) is 0 Å². The number of aromatic nitrogens is 1. The average molecular weight is 290 g/mol. The van der Waals surface area contributed by atoms with Crippen molar-refractivity contribution < 1.29 is 18.3 Å². The molecule has 1 aromatic heterocycles. The van der Waals surface area contributed by atoms with Gasteiger partial charge in [0.15, 0.2) is 0 Å². The van der Waals surface area contributed by atoms with E-state index in [0.29, 0.717) is 15.2 Å². The van der Waals surface area contributed by atoms with Crippen molar-refractivity contribution in [2.75, 3.05) is 6.54 Å². The number of halogens is 3. The Balaban J connectivity index is 2.36. The number of nitrogens with two attached hydrogens (primary N) is 1. The molecule has 104 valence electrons. The summed E-state index contributed by atoms with van der Waals surface area (Å²) in [7, 11) is 0. The van der Waals surface area contributed by atoms with Gasteiger partial charge >= 0.3 is 6.18 Å². The number of nitrogens with zero attached hydrogens (tertiary/aromatic N) is 1. The molecule has 0 radical (unpaired) electrons. The molecule has 0 saturated carbocycles. The Labute approximate surface area is 111 Å². The predicted molar refractivity (Wildman–Crippen MR) is 68.0 cm³/mol. The molecule has 7 heteroatoms. The Hall–Kier alpha value is -1.18. The van der Waals surface area contributed by atoms with Crippen LogP contribution in [0.15, 0.2) is 18.2 Å². The molecule has 0 fully saturated rings. The number of benzene rings is 1. The summed E-state index contributed by atoms with van der Waals surface area (Å²) < 4.78 is 38.4. The topological polar surface area (TPSA) is 59.1 Å². The summed E-state index contributed by atoms with van der Waals surface area (Å²) in [4.78, 5) is 4.12. The molecule has 0 saturated heterocycles. The van der Waals surface area contributed by atoms with Crippen molar-refractivity contribution >= 4 is 21.6 Å². The minimum atomic E-state index is -4.37. The standard InChI is InChI=1S/C12H13F3N2OS/c1-11(18,6-16)5-10-17-8-4-7(12(13,14)15)2-3-9(8)19-10/h2-4,18H,5-6,16H2,1H3. The fourth-order valence-electron chi connectivity index (χ4n) is 1.63. The molecule has 2 rings (SSSR count). The van der Waals surface area contributed by atoms with Crippen LogP contribution in [-0.2, 0) is 12.6 Å². The van der Waals surface area contributed by atoms with Crippen molar-refractivity contribution in [1.29, 1.82) is 0 Å². The second-order valence-corrected chi connectivity index (χ2v) is 5.78. The smallest absolute Gasteiger partial charge is 0.388 e. The first kappa shape index (κ1) is 14.2. The zero-order valence-electron chi connectivity index (χ0n) is 10.2. The summed E-state index contributed by atoms with van der Waals surface area (Å²) in [5.74, 6) is 0. The van der Waals surface area contributed by atoms with Crippen LogP contribution < -0.4 is 5.73 Å². The molecule has 3 N–H and O–H groups in total. The first-order valence-corrected chi connectivity index (χ1v) is 6.42. The van der Waals surface area contributed by atoms with Gasteiger partial charge in [0.2, 0.25) is 0 Å². The molecule has 0 aliphatic carbocycles. The van der Waals surface area contributed by atoms with Crippen molar-refractivity contribution in [2.24, 2.45) is 5.73 Å². The third-order valence-electron chi connectivity index (χ3n) is 2.73. The molecule has 1 heterocycles. The van der Waals surface area contributed by atoms with Crippen LogP contribution in [0, 0.1) is 0 Å². The first-order chi connectivity index (χ1) is 8.71. The molecule has 1 aromatic carbocycles. The molecule has 1 unspecified atom stereocenters. The molecule has 0 spiro atoms. The van der Waals surface area contributed by atoms with E-state index in [2.05, 4.69) is 4.98 Å². The summed E-state index contributed by atoms with van der Waals surface area (Å²) in [5.41, 5.74) is 3.89. The van der Waals surface area contributed by atoms with E-state index in [4.69, 9.17) is 5.73 Å². The van der Waals surface area contributed by atoms with Gasteiger partial charge in [-0.25, -0.2) is 4.98 Å². The van der Waals surface area contributed by atoms with E-state index in [-0.39, 0.29) is 13.0 Å². The maximum atomic E-state index is 12.6. The van der Waals surface area contributed by atoms with Crippen molar-refractivity contribution in [3.63, 3.8) is 0 Å². The van der Waals surface area contributed by atoms with Crippen LogP contribution >= 0.6 is 11.3 Å². The molecule has 0 bridgehead atoms. The van der Waals surface area contributed by atoms with Gasteiger partial charge in [0.05, 0.1) is 26.4 Å². The number of fused-ring (bicyclic) bond motifs is 1. The summed E-state index contributed by atoms with van der Waals surface area (Å²) in [6.45, 7) is 1.64. The second kappa shape index (κ2) is 4.73. The van der Waals surface area contributed by atoms with Crippen LogP contribution in [0.5, 0.6) is 0 Å². The Morgan fingerprint density at radius 3 is 2.63 bits per heavy atom. The van der Waals surface area contributed by atoms with Crippen LogP contribution in [0.4, 0.5) is 13.2 Å². The summed E-state index contributed by atoms with van der Waals surface area (Å²) >= 11 is 1.26. The van der Waals surface area contributed by atoms with Gasteiger partial charge in [0.25, 0.3) is 0 Å². The maximum absolute atomic E-state index is 12.6. The van der Waals surface area contributed by atoms with E-state index >= 15 is 0 Å². The zero-order valence-corrected chi connectivity index (χ0v) is 11.0. The molecule has 0 aliphatic heterocycles. The number of rotatable bonds is 3. The Bertz CT molecular complexity index is 592. The highest BCUT2D eigenvalue weighted by atomic mass is 32.1. The fraction of sp³-hybridized carbons (Fsp3) is 0.417. The largest absolute Gasteiger partial charge is 0.416 e.